The third-order valence-electron chi connectivity index (χ3n) is 4.78. The third kappa shape index (κ3) is 1.34. The molecule has 1 aromatic carbocycles. The van der Waals surface area contributed by atoms with Crippen molar-refractivity contribution >= 4 is 11.6 Å². The predicted octanol–water partition coefficient (Wildman–Crippen LogP) is 4.88. The average Bonchev–Trinajstić information content (AvgIpc) is 2.62. The molecule has 2 rings (SSSR count). The standard InChI is InChI=1S/C13H12ClF5/c1-11(2)12(3,4)13(11,14)5-6(15)8(17)10(19)9(18)7(5)16/h1-4H3. The maximum Gasteiger partial charge on any atom is 0.200 e. The van der Waals surface area contributed by atoms with Gasteiger partial charge in [0.25, 0.3) is 0 Å². The van der Waals surface area contributed by atoms with E-state index in [-0.39, 0.29) is 0 Å². The average molecular weight is 299 g/mol. The molecule has 0 unspecified atom stereocenters. The summed E-state index contributed by atoms with van der Waals surface area (Å²) in [5, 5.41) is 0. The van der Waals surface area contributed by atoms with Gasteiger partial charge in [-0.3, -0.25) is 0 Å². The van der Waals surface area contributed by atoms with Gasteiger partial charge in [-0.15, -0.1) is 11.6 Å². The molecule has 0 bridgehead atoms. The molecule has 1 aromatic rings. The van der Waals surface area contributed by atoms with E-state index in [9.17, 15) is 22.0 Å². The Bertz CT molecular complexity index is 534. The highest BCUT2D eigenvalue weighted by molar-refractivity contribution is 6.27. The molecule has 1 saturated carbocycles. The Morgan fingerprint density at radius 3 is 1.16 bits per heavy atom. The number of benzene rings is 1. The van der Waals surface area contributed by atoms with Crippen LogP contribution in [0, 0.1) is 39.9 Å². The van der Waals surface area contributed by atoms with Crippen LogP contribution in [-0.2, 0) is 4.87 Å². The molecule has 6 heteroatoms. The maximum atomic E-state index is 13.8. The molecule has 0 radical (unpaired) electrons. The van der Waals surface area contributed by atoms with Crippen LogP contribution >= 0.6 is 11.6 Å². The van der Waals surface area contributed by atoms with Gasteiger partial charge in [0.2, 0.25) is 5.82 Å². The first-order valence-electron chi connectivity index (χ1n) is 5.63. The van der Waals surface area contributed by atoms with Crippen molar-refractivity contribution in [2.75, 3.05) is 0 Å². The van der Waals surface area contributed by atoms with Crippen molar-refractivity contribution in [3.63, 3.8) is 0 Å². The molecule has 0 saturated heterocycles. The van der Waals surface area contributed by atoms with Gasteiger partial charge >= 0.3 is 0 Å². The van der Waals surface area contributed by atoms with Gasteiger partial charge < -0.3 is 0 Å². The fourth-order valence-corrected chi connectivity index (χ4v) is 3.37. The second kappa shape index (κ2) is 3.62. The Kier molecular flexibility index (Phi) is 2.78. The van der Waals surface area contributed by atoms with Crippen molar-refractivity contribution in [1.82, 2.24) is 0 Å². The molecule has 0 heterocycles. The van der Waals surface area contributed by atoms with E-state index in [4.69, 9.17) is 11.6 Å². The van der Waals surface area contributed by atoms with Crippen LogP contribution in [0.25, 0.3) is 0 Å². The number of rotatable bonds is 1. The number of hydrogen-bond acceptors (Lipinski definition) is 0. The van der Waals surface area contributed by atoms with Gasteiger partial charge in [0.1, 0.15) is 0 Å². The Balaban J connectivity index is 2.81. The molecule has 0 N–H and O–H groups in total. The van der Waals surface area contributed by atoms with Crippen molar-refractivity contribution in [2.45, 2.75) is 32.6 Å². The molecule has 1 fully saturated rings. The predicted molar refractivity (Wildman–Crippen MR) is 61.3 cm³/mol. The van der Waals surface area contributed by atoms with E-state index in [1.54, 1.807) is 27.7 Å². The van der Waals surface area contributed by atoms with Crippen molar-refractivity contribution in [1.29, 1.82) is 0 Å². The minimum Gasteiger partial charge on any atom is -0.203 e. The van der Waals surface area contributed by atoms with Crippen LogP contribution in [0.1, 0.15) is 33.3 Å². The summed E-state index contributed by atoms with van der Waals surface area (Å²) < 4.78 is 67.1. The summed E-state index contributed by atoms with van der Waals surface area (Å²) >= 11 is 6.22. The van der Waals surface area contributed by atoms with E-state index >= 15 is 0 Å². The topological polar surface area (TPSA) is 0 Å². The highest BCUT2D eigenvalue weighted by Crippen LogP contribution is 2.80. The van der Waals surface area contributed by atoms with Crippen molar-refractivity contribution in [2.24, 2.45) is 10.8 Å². The fraction of sp³-hybridized carbons (Fsp3) is 0.538. The van der Waals surface area contributed by atoms with E-state index in [0.29, 0.717) is 0 Å². The van der Waals surface area contributed by atoms with Gasteiger partial charge in [-0.2, -0.15) is 0 Å². The first-order chi connectivity index (χ1) is 8.43. The summed E-state index contributed by atoms with van der Waals surface area (Å²) in [6.07, 6.45) is 0. The normalized spacial score (nSPS) is 22.4. The third-order valence-corrected chi connectivity index (χ3v) is 5.91. The summed E-state index contributed by atoms with van der Waals surface area (Å²) in [4.78, 5) is -1.64. The van der Waals surface area contributed by atoms with Crippen molar-refractivity contribution in [3.8, 4) is 0 Å². The Hall–Kier alpha value is -0.840. The summed E-state index contributed by atoms with van der Waals surface area (Å²) in [6.45, 7) is 6.49. The van der Waals surface area contributed by atoms with Gasteiger partial charge in [0.05, 0.1) is 10.4 Å². The molecular formula is C13H12ClF5. The summed E-state index contributed by atoms with van der Waals surface area (Å²) in [5.74, 6) is -9.81. The molecule has 0 aliphatic heterocycles. The van der Waals surface area contributed by atoms with E-state index in [1.165, 1.54) is 0 Å². The highest BCUT2D eigenvalue weighted by atomic mass is 35.5. The number of halogens is 6. The van der Waals surface area contributed by atoms with Gasteiger partial charge in [0, 0.05) is 0 Å². The molecule has 0 aromatic heterocycles. The molecule has 0 nitrogen and oxygen atoms in total. The van der Waals surface area contributed by atoms with Crippen LogP contribution in [-0.4, -0.2) is 0 Å². The SMILES string of the molecule is CC1(C)C(C)(C)C1(Cl)c1c(F)c(F)c(F)c(F)c1F. The first kappa shape index (κ1) is 14.6. The molecule has 106 valence electrons. The van der Waals surface area contributed by atoms with E-state index in [0.717, 1.165) is 0 Å². The quantitative estimate of drug-likeness (QED) is 0.300. The maximum absolute atomic E-state index is 13.8. The lowest BCUT2D eigenvalue weighted by Gasteiger charge is -2.17. The molecule has 0 spiro atoms. The zero-order valence-corrected chi connectivity index (χ0v) is 11.5. The van der Waals surface area contributed by atoms with Crippen LogP contribution in [0.3, 0.4) is 0 Å². The summed E-state index contributed by atoms with van der Waals surface area (Å²) in [7, 11) is 0. The highest BCUT2D eigenvalue weighted by Gasteiger charge is 2.79. The van der Waals surface area contributed by atoms with Crippen LogP contribution in [0.4, 0.5) is 22.0 Å². The van der Waals surface area contributed by atoms with Crippen LogP contribution in [0.15, 0.2) is 0 Å². The molecule has 0 amide bonds. The van der Waals surface area contributed by atoms with E-state index in [2.05, 4.69) is 0 Å². The zero-order valence-electron chi connectivity index (χ0n) is 10.8. The first-order valence-corrected chi connectivity index (χ1v) is 6.01. The monoisotopic (exact) mass is 298 g/mol. The molecule has 1 aliphatic carbocycles. The van der Waals surface area contributed by atoms with Crippen LogP contribution in [0.2, 0.25) is 0 Å². The van der Waals surface area contributed by atoms with Crippen molar-refractivity contribution < 1.29 is 22.0 Å². The second-order valence-corrected chi connectivity index (χ2v) is 6.42. The Labute approximate surface area is 112 Å². The van der Waals surface area contributed by atoms with Gasteiger partial charge in [-0.05, 0) is 10.8 Å². The minimum atomic E-state index is -2.17. The lowest BCUT2D eigenvalue weighted by molar-refractivity contribution is 0.363. The largest absolute Gasteiger partial charge is 0.203 e. The van der Waals surface area contributed by atoms with Gasteiger partial charge in [-0.1, -0.05) is 27.7 Å². The molecule has 0 atom stereocenters. The van der Waals surface area contributed by atoms with Crippen LogP contribution < -0.4 is 0 Å². The number of hydrogen-bond donors (Lipinski definition) is 0. The zero-order chi connectivity index (χ0) is 15.0. The van der Waals surface area contributed by atoms with E-state index in [1.807, 2.05) is 0 Å². The van der Waals surface area contributed by atoms with Gasteiger partial charge in [-0.25, -0.2) is 22.0 Å². The molecule has 1 aliphatic rings. The summed E-state index contributed by atoms with van der Waals surface area (Å²) in [5.41, 5.74) is -2.56. The van der Waals surface area contributed by atoms with Crippen LogP contribution in [0.5, 0.6) is 0 Å². The van der Waals surface area contributed by atoms with Crippen molar-refractivity contribution in [3.05, 3.63) is 34.6 Å². The smallest absolute Gasteiger partial charge is 0.200 e. The fourth-order valence-electron chi connectivity index (χ4n) is 2.78. The lowest BCUT2D eigenvalue weighted by Crippen LogP contribution is -2.17. The summed E-state index contributed by atoms with van der Waals surface area (Å²) in [6, 6.07) is 0. The second-order valence-electron chi connectivity index (χ2n) is 5.85. The number of alkyl halides is 1. The lowest BCUT2D eigenvalue weighted by atomic mass is 10.0. The molecular weight excluding hydrogens is 287 g/mol. The Morgan fingerprint density at radius 2 is 0.895 bits per heavy atom. The van der Waals surface area contributed by atoms with Gasteiger partial charge in [0.15, 0.2) is 23.3 Å². The minimum absolute atomic E-state index is 0.806. The van der Waals surface area contributed by atoms with E-state index < -0.39 is 50.4 Å². The Morgan fingerprint density at radius 1 is 0.632 bits per heavy atom. The molecule has 19 heavy (non-hydrogen) atoms.